The molecular weight excluding hydrogens is 674 g/mol. The van der Waals surface area contributed by atoms with Gasteiger partial charge >= 0.3 is 0 Å². The maximum absolute atomic E-state index is 13.7. The summed E-state index contributed by atoms with van der Waals surface area (Å²) in [6.07, 6.45) is 4.23. The SMILES string of the molecule is CC[C@H](C)[C@@H](C(=O)N[C@@H](CC(C)C)C(=O)N[C@@H](CC(C)C)C(=O)N[C@H](C(=O)N[C@@H](C)/C=C/C(=O)N[C@@H](C)C(=O)NCc1ccccc1)C(C)C)N(C)C. The lowest BCUT2D eigenvalue weighted by molar-refractivity contribution is -0.135. The fourth-order valence-corrected chi connectivity index (χ4v) is 5.81. The lowest BCUT2D eigenvalue weighted by Gasteiger charge is -2.31. The molecule has 53 heavy (non-hydrogen) atoms. The second-order valence-electron chi connectivity index (χ2n) is 15.5. The molecule has 0 saturated heterocycles. The summed E-state index contributed by atoms with van der Waals surface area (Å²) < 4.78 is 0. The predicted molar refractivity (Wildman–Crippen MR) is 209 cm³/mol. The summed E-state index contributed by atoms with van der Waals surface area (Å²) in [5.41, 5.74) is 0.937. The number of carbonyl (C=O) groups excluding carboxylic acids is 6. The topological polar surface area (TPSA) is 178 Å². The van der Waals surface area contributed by atoms with Gasteiger partial charge in [0.2, 0.25) is 35.4 Å². The summed E-state index contributed by atoms with van der Waals surface area (Å²) in [6, 6.07) is 4.90. The van der Waals surface area contributed by atoms with Gasteiger partial charge in [-0.3, -0.25) is 33.7 Å². The normalized spacial score (nSPS) is 15.6. The summed E-state index contributed by atoms with van der Waals surface area (Å²) in [5, 5.41) is 16.9. The van der Waals surface area contributed by atoms with Crippen LogP contribution >= 0.6 is 0 Å². The average molecular weight is 742 g/mol. The number of likely N-dealkylation sites (N-methyl/N-ethyl adjacent to an activating group) is 1. The van der Waals surface area contributed by atoms with Crippen LogP contribution in [0.1, 0.15) is 94.1 Å². The molecule has 0 aromatic heterocycles. The molecule has 0 aliphatic heterocycles. The summed E-state index contributed by atoms with van der Waals surface area (Å²) in [5.74, 6) is -2.62. The molecular formula is C40H67N7O6. The Morgan fingerprint density at radius 3 is 1.68 bits per heavy atom. The van der Waals surface area contributed by atoms with E-state index in [4.69, 9.17) is 0 Å². The van der Waals surface area contributed by atoms with E-state index in [9.17, 15) is 28.8 Å². The lowest BCUT2D eigenvalue weighted by Crippen LogP contribution is -2.59. The highest BCUT2D eigenvalue weighted by molar-refractivity contribution is 5.95. The molecule has 6 amide bonds. The number of amides is 6. The summed E-state index contributed by atoms with van der Waals surface area (Å²) in [7, 11) is 3.67. The van der Waals surface area contributed by atoms with E-state index in [1.165, 1.54) is 12.2 Å². The number of nitrogens with zero attached hydrogens (tertiary/aromatic N) is 1. The Labute approximate surface area is 317 Å². The highest BCUT2D eigenvalue weighted by Gasteiger charge is 2.34. The van der Waals surface area contributed by atoms with Crippen LogP contribution in [0, 0.1) is 23.7 Å². The molecule has 7 atom stereocenters. The van der Waals surface area contributed by atoms with Gasteiger partial charge in [0.05, 0.1) is 6.04 Å². The third-order valence-electron chi connectivity index (χ3n) is 8.90. The summed E-state index contributed by atoms with van der Waals surface area (Å²) in [6.45, 7) is 19.0. The minimum absolute atomic E-state index is 0.0352. The van der Waals surface area contributed by atoms with Crippen molar-refractivity contribution in [1.82, 2.24) is 36.8 Å². The Morgan fingerprint density at radius 1 is 0.660 bits per heavy atom. The first-order valence-corrected chi connectivity index (χ1v) is 18.9. The molecule has 0 aliphatic rings. The van der Waals surface area contributed by atoms with E-state index in [2.05, 4.69) is 31.9 Å². The molecule has 1 aromatic carbocycles. The van der Waals surface area contributed by atoms with Gasteiger partial charge in [0.1, 0.15) is 24.2 Å². The van der Waals surface area contributed by atoms with Gasteiger partial charge in [-0.05, 0) is 70.0 Å². The van der Waals surface area contributed by atoms with Gasteiger partial charge in [-0.15, -0.1) is 0 Å². The van der Waals surface area contributed by atoms with E-state index < -0.39 is 59.9 Å². The molecule has 0 saturated carbocycles. The Morgan fingerprint density at radius 2 is 1.19 bits per heavy atom. The van der Waals surface area contributed by atoms with Crippen LogP contribution in [0.4, 0.5) is 0 Å². The van der Waals surface area contributed by atoms with Crippen LogP contribution in [0.25, 0.3) is 0 Å². The monoisotopic (exact) mass is 742 g/mol. The van der Waals surface area contributed by atoms with Crippen LogP contribution in [0.3, 0.4) is 0 Å². The van der Waals surface area contributed by atoms with Crippen LogP contribution in [0.2, 0.25) is 0 Å². The second kappa shape index (κ2) is 23.4. The van der Waals surface area contributed by atoms with E-state index in [1.54, 1.807) is 27.7 Å². The van der Waals surface area contributed by atoms with Gasteiger partial charge in [-0.1, -0.05) is 98.2 Å². The lowest BCUT2D eigenvalue weighted by atomic mass is 9.95. The number of carbonyl (C=O) groups is 6. The molecule has 0 aliphatic carbocycles. The molecule has 6 N–H and O–H groups in total. The zero-order chi connectivity index (χ0) is 40.4. The van der Waals surface area contributed by atoms with Crippen molar-refractivity contribution in [2.45, 2.75) is 131 Å². The molecule has 0 bridgehead atoms. The molecule has 0 spiro atoms. The number of hydrogen-bond acceptors (Lipinski definition) is 7. The first-order valence-electron chi connectivity index (χ1n) is 18.9. The van der Waals surface area contributed by atoms with Crippen LogP contribution in [0.15, 0.2) is 42.5 Å². The first kappa shape index (κ1) is 46.8. The van der Waals surface area contributed by atoms with Gasteiger partial charge in [0.25, 0.3) is 0 Å². The number of rotatable bonds is 22. The van der Waals surface area contributed by atoms with Crippen molar-refractivity contribution >= 4 is 35.4 Å². The number of benzene rings is 1. The van der Waals surface area contributed by atoms with Gasteiger partial charge in [-0.2, -0.15) is 0 Å². The van der Waals surface area contributed by atoms with Crippen molar-refractivity contribution in [3.8, 4) is 0 Å². The zero-order valence-electron chi connectivity index (χ0n) is 34.0. The maximum Gasteiger partial charge on any atom is 0.244 e. The van der Waals surface area contributed by atoms with Crippen molar-refractivity contribution in [3.63, 3.8) is 0 Å². The highest BCUT2D eigenvalue weighted by Crippen LogP contribution is 2.15. The van der Waals surface area contributed by atoms with E-state index in [0.717, 1.165) is 12.0 Å². The molecule has 0 heterocycles. The minimum atomic E-state index is -0.949. The van der Waals surface area contributed by atoms with E-state index in [1.807, 2.05) is 90.9 Å². The minimum Gasteiger partial charge on any atom is -0.350 e. The van der Waals surface area contributed by atoms with Crippen LogP contribution in [-0.2, 0) is 35.3 Å². The quantitative estimate of drug-likeness (QED) is 0.0990. The summed E-state index contributed by atoms with van der Waals surface area (Å²) >= 11 is 0. The van der Waals surface area contributed by atoms with Gasteiger partial charge in [0.15, 0.2) is 0 Å². The van der Waals surface area contributed by atoms with Crippen molar-refractivity contribution < 1.29 is 28.8 Å². The van der Waals surface area contributed by atoms with E-state index in [-0.39, 0.29) is 35.5 Å². The smallest absolute Gasteiger partial charge is 0.244 e. The van der Waals surface area contributed by atoms with Crippen molar-refractivity contribution in [1.29, 1.82) is 0 Å². The van der Waals surface area contributed by atoms with Gasteiger partial charge in [0, 0.05) is 18.7 Å². The van der Waals surface area contributed by atoms with Gasteiger partial charge < -0.3 is 31.9 Å². The van der Waals surface area contributed by atoms with Crippen molar-refractivity contribution in [3.05, 3.63) is 48.0 Å². The van der Waals surface area contributed by atoms with Crippen LogP contribution in [0.5, 0.6) is 0 Å². The molecule has 13 heteroatoms. The second-order valence-corrected chi connectivity index (χ2v) is 15.5. The number of hydrogen-bond donors (Lipinski definition) is 6. The Kier molecular flexibility index (Phi) is 20.7. The molecule has 0 radical (unpaired) electrons. The zero-order valence-corrected chi connectivity index (χ0v) is 34.0. The standard InChI is InChI=1S/C40H67N7O6/c1-13-27(8)35(47(11)12)40(53)45-31(21-24(2)3)37(50)44-32(22-25(4)5)38(51)46-34(26(6)7)39(52)42-28(9)19-20-33(48)43-29(10)36(49)41-23-30-17-15-14-16-18-30/h14-20,24-29,31-32,34-35H,13,21-23H2,1-12H3,(H,41,49)(H,42,52)(H,43,48)(H,44,50)(H,45,53)(H,46,51)/b20-19+/t27-,28-,29-,31-,32-,34-,35-/m0/s1. The summed E-state index contributed by atoms with van der Waals surface area (Å²) in [4.78, 5) is 81.0. The van der Waals surface area contributed by atoms with Crippen LogP contribution in [-0.4, -0.2) is 90.7 Å². The maximum atomic E-state index is 13.7. The molecule has 0 unspecified atom stereocenters. The predicted octanol–water partition coefficient (Wildman–Crippen LogP) is 3.05. The Hall–Kier alpha value is -4.26. The molecule has 1 rings (SSSR count). The Balaban J connectivity index is 2.94. The highest BCUT2D eigenvalue weighted by atomic mass is 16.2. The fraction of sp³-hybridized carbons (Fsp3) is 0.650. The third-order valence-corrected chi connectivity index (χ3v) is 8.90. The largest absolute Gasteiger partial charge is 0.350 e. The van der Waals surface area contributed by atoms with Crippen LogP contribution < -0.4 is 31.9 Å². The van der Waals surface area contributed by atoms with E-state index in [0.29, 0.717) is 19.4 Å². The van der Waals surface area contributed by atoms with Crippen molar-refractivity contribution in [2.24, 2.45) is 23.7 Å². The average Bonchev–Trinajstić information content (AvgIpc) is 3.07. The molecule has 13 nitrogen and oxygen atoms in total. The molecule has 1 aromatic rings. The molecule has 298 valence electrons. The Bertz CT molecular complexity index is 1360. The first-order chi connectivity index (χ1) is 24.8. The van der Waals surface area contributed by atoms with Crippen molar-refractivity contribution in [2.75, 3.05) is 14.1 Å². The number of nitrogens with one attached hydrogen (secondary N) is 6. The van der Waals surface area contributed by atoms with E-state index >= 15 is 0 Å². The van der Waals surface area contributed by atoms with Gasteiger partial charge in [-0.25, -0.2) is 0 Å². The third kappa shape index (κ3) is 17.4. The molecule has 0 fully saturated rings. The fourth-order valence-electron chi connectivity index (χ4n) is 5.81.